The number of hydrogen-bond acceptors (Lipinski definition) is 3. The average Bonchev–Trinajstić information content (AvgIpc) is 2.35. The van der Waals surface area contributed by atoms with Crippen LogP contribution in [0.5, 0.6) is 0 Å². The predicted molar refractivity (Wildman–Crippen MR) is 71.7 cm³/mol. The Hall–Kier alpha value is -0.910. The van der Waals surface area contributed by atoms with Crippen LogP contribution >= 0.6 is 0 Å². The number of carbonyl (C=O) groups is 1. The lowest BCUT2D eigenvalue weighted by Crippen LogP contribution is -2.42. The molecule has 1 fully saturated rings. The Bertz CT molecular complexity index is 451. The van der Waals surface area contributed by atoms with Gasteiger partial charge in [-0.2, -0.15) is 0 Å². The lowest BCUT2D eigenvalue weighted by Gasteiger charge is -2.32. The molecule has 0 bridgehead atoms. The molecule has 1 aliphatic rings. The van der Waals surface area contributed by atoms with Crippen LogP contribution in [-0.4, -0.2) is 40.9 Å². The first-order chi connectivity index (χ1) is 8.40. The van der Waals surface area contributed by atoms with Gasteiger partial charge in [0.05, 0.1) is 0 Å². The van der Waals surface area contributed by atoms with Gasteiger partial charge in [-0.15, -0.1) is 0 Å². The zero-order valence-corrected chi connectivity index (χ0v) is 12.0. The van der Waals surface area contributed by atoms with E-state index in [2.05, 4.69) is 9.68 Å². The van der Waals surface area contributed by atoms with E-state index in [0.717, 1.165) is 0 Å². The van der Waals surface area contributed by atoms with E-state index in [9.17, 15) is 13.4 Å². The predicted octanol–water partition coefficient (Wildman–Crippen LogP) is 1.67. The van der Waals surface area contributed by atoms with Crippen LogP contribution in [0.2, 0.25) is 0 Å². The molecule has 0 radical (unpaired) electrons. The summed E-state index contributed by atoms with van der Waals surface area (Å²) >= 11 is 0. The average molecular weight is 276 g/mol. The molecule has 0 aromatic heterocycles. The monoisotopic (exact) mass is 276 g/mol. The van der Waals surface area contributed by atoms with Gasteiger partial charge in [-0.05, 0) is 26.7 Å². The van der Waals surface area contributed by atoms with Crippen molar-refractivity contribution >= 4 is 15.6 Å². The number of allylic oxidation sites excluding steroid dienone is 1. The quantitative estimate of drug-likeness (QED) is 0.797. The van der Waals surface area contributed by atoms with Crippen LogP contribution in [0.4, 0.5) is 4.39 Å². The molecule has 1 saturated heterocycles. The molecular weight excluding hydrogens is 255 g/mol. The van der Waals surface area contributed by atoms with Crippen LogP contribution in [0.15, 0.2) is 16.0 Å². The third kappa shape index (κ3) is 3.10. The normalized spacial score (nSPS) is 33.0. The molecule has 0 spiro atoms. The van der Waals surface area contributed by atoms with Crippen molar-refractivity contribution < 1.29 is 13.4 Å². The molecule has 104 valence electrons. The maximum absolute atomic E-state index is 14.8. The molecule has 0 aromatic rings. The number of carbonyl (C=O) groups excluding carboxylic acids is 1. The minimum absolute atomic E-state index is 0.0996. The van der Waals surface area contributed by atoms with Gasteiger partial charge in [0, 0.05) is 40.4 Å². The topological polar surface area (TPSA) is 58.5 Å². The lowest BCUT2D eigenvalue weighted by molar-refractivity contribution is -0.118. The smallest absolute Gasteiger partial charge is 0.249 e. The van der Waals surface area contributed by atoms with E-state index in [1.807, 2.05) is 6.92 Å². The molecule has 0 saturated carbocycles. The van der Waals surface area contributed by atoms with Crippen molar-refractivity contribution in [1.82, 2.24) is 5.32 Å². The summed E-state index contributed by atoms with van der Waals surface area (Å²) in [7, 11) is -0.780. The fraction of sp³-hybridized carbons (Fsp3) is 0.750. The van der Waals surface area contributed by atoms with E-state index in [0.29, 0.717) is 6.54 Å². The standard InChI is InChI=1S/C12H21FN2O2S/c1-4-10(11(16)14-3)12(13)6-8-18(17,9-7-12)15-5-2/h4H,5-9H2,1-3H3,(H,14,16)/b10-4+. The third-order valence-electron chi connectivity index (χ3n) is 3.24. The van der Waals surface area contributed by atoms with Crippen molar-refractivity contribution in [3.8, 4) is 0 Å². The largest absolute Gasteiger partial charge is 0.355 e. The molecule has 0 unspecified atom stereocenters. The Morgan fingerprint density at radius 2 is 2.06 bits per heavy atom. The number of rotatable bonds is 3. The number of alkyl halides is 1. The molecule has 1 N–H and O–H groups in total. The summed E-state index contributed by atoms with van der Waals surface area (Å²) in [5, 5.41) is 2.44. The van der Waals surface area contributed by atoms with Crippen LogP contribution in [0.25, 0.3) is 0 Å². The molecule has 1 aliphatic heterocycles. The Morgan fingerprint density at radius 1 is 1.50 bits per heavy atom. The molecule has 18 heavy (non-hydrogen) atoms. The van der Waals surface area contributed by atoms with Crippen molar-refractivity contribution in [2.45, 2.75) is 32.4 Å². The zero-order chi connectivity index (χ0) is 13.8. The maximum atomic E-state index is 14.8. The molecule has 0 aromatic carbocycles. The minimum atomic E-state index is -2.26. The van der Waals surface area contributed by atoms with Crippen molar-refractivity contribution in [3.05, 3.63) is 11.6 Å². The van der Waals surface area contributed by atoms with Crippen molar-refractivity contribution in [1.29, 1.82) is 0 Å². The van der Waals surface area contributed by atoms with Crippen LogP contribution in [0.1, 0.15) is 26.7 Å². The number of hydrogen-bond donors (Lipinski definition) is 1. The molecule has 4 nitrogen and oxygen atoms in total. The second-order valence-corrected chi connectivity index (χ2v) is 6.99. The third-order valence-corrected chi connectivity index (χ3v) is 5.65. The van der Waals surface area contributed by atoms with Crippen molar-refractivity contribution in [2.24, 2.45) is 4.36 Å². The molecule has 0 atom stereocenters. The lowest BCUT2D eigenvalue weighted by atomic mass is 9.89. The Labute approximate surface area is 108 Å². The number of likely N-dealkylation sites (N-methyl/N-ethyl adjacent to an activating group) is 1. The highest BCUT2D eigenvalue weighted by Gasteiger charge is 2.41. The van der Waals surface area contributed by atoms with Crippen LogP contribution < -0.4 is 5.32 Å². The summed E-state index contributed by atoms with van der Waals surface area (Å²) in [6, 6.07) is 0. The van der Waals surface area contributed by atoms with Gasteiger partial charge >= 0.3 is 0 Å². The summed E-state index contributed by atoms with van der Waals surface area (Å²) in [5.41, 5.74) is -1.53. The van der Waals surface area contributed by atoms with Gasteiger partial charge < -0.3 is 5.32 Å². The molecule has 6 heteroatoms. The Morgan fingerprint density at radius 3 is 2.44 bits per heavy atom. The van der Waals surface area contributed by atoms with Gasteiger partial charge in [-0.25, -0.2) is 13.0 Å². The zero-order valence-electron chi connectivity index (χ0n) is 11.2. The summed E-state index contributed by atoms with van der Waals surface area (Å²) in [4.78, 5) is 11.6. The first kappa shape index (κ1) is 15.1. The first-order valence-corrected chi connectivity index (χ1v) is 8.02. The van der Waals surface area contributed by atoms with Crippen molar-refractivity contribution in [2.75, 3.05) is 25.1 Å². The second kappa shape index (κ2) is 5.82. The highest BCUT2D eigenvalue weighted by atomic mass is 32.2. The highest BCUT2D eigenvalue weighted by molar-refractivity contribution is 7.93. The number of amides is 1. The van der Waals surface area contributed by atoms with E-state index < -0.39 is 21.3 Å². The van der Waals surface area contributed by atoms with E-state index in [1.54, 1.807) is 6.92 Å². The Kier molecular flexibility index (Phi) is 4.90. The highest BCUT2D eigenvalue weighted by Crippen LogP contribution is 2.35. The number of halogens is 1. The molecular formula is C12H21FN2O2S. The molecule has 0 aliphatic carbocycles. The fourth-order valence-corrected chi connectivity index (χ4v) is 4.45. The van der Waals surface area contributed by atoms with Gasteiger partial charge in [0.2, 0.25) is 5.91 Å². The van der Waals surface area contributed by atoms with Crippen LogP contribution in [0, 0.1) is 0 Å². The Balaban J connectivity index is 2.91. The van der Waals surface area contributed by atoms with Gasteiger partial charge in [0.25, 0.3) is 0 Å². The van der Waals surface area contributed by atoms with Crippen LogP contribution in [0.3, 0.4) is 0 Å². The van der Waals surface area contributed by atoms with Gasteiger partial charge in [-0.1, -0.05) is 6.08 Å². The molecule has 1 amide bonds. The SMILES string of the molecule is C/C=C(\C(=O)NC)C1(F)CCS(=O)(=NCC)CC1. The summed E-state index contributed by atoms with van der Waals surface area (Å²) in [6.07, 6.45) is 1.70. The fourth-order valence-electron chi connectivity index (χ4n) is 2.23. The minimum Gasteiger partial charge on any atom is -0.355 e. The van der Waals surface area contributed by atoms with Crippen molar-refractivity contribution in [3.63, 3.8) is 0 Å². The van der Waals surface area contributed by atoms with Gasteiger partial charge in [-0.3, -0.25) is 4.79 Å². The van der Waals surface area contributed by atoms with Gasteiger partial charge in [0.15, 0.2) is 0 Å². The summed E-state index contributed by atoms with van der Waals surface area (Å²) in [5.74, 6) is 0.0537. The molecule has 1 rings (SSSR count). The summed E-state index contributed by atoms with van der Waals surface area (Å²) in [6.45, 7) is 3.96. The number of nitrogens with zero attached hydrogens (tertiary/aromatic N) is 1. The van der Waals surface area contributed by atoms with E-state index in [1.165, 1.54) is 13.1 Å². The molecule has 1 heterocycles. The van der Waals surface area contributed by atoms with Crippen LogP contribution in [-0.2, 0) is 14.5 Å². The maximum Gasteiger partial charge on any atom is 0.249 e. The van der Waals surface area contributed by atoms with Gasteiger partial charge in [0.1, 0.15) is 5.67 Å². The van der Waals surface area contributed by atoms with E-state index in [-0.39, 0.29) is 29.9 Å². The van der Waals surface area contributed by atoms with E-state index >= 15 is 0 Å². The van der Waals surface area contributed by atoms with E-state index in [4.69, 9.17) is 0 Å². The second-order valence-electron chi connectivity index (χ2n) is 4.37. The first-order valence-electron chi connectivity index (χ1n) is 6.17. The number of nitrogens with one attached hydrogen (secondary N) is 1. The summed E-state index contributed by atoms with van der Waals surface area (Å²) < 4.78 is 31.0.